The molecular formula is C21H26F2N4O. The van der Waals surface area contributed by atoms with Crippen molar-refractivity contribution in [2.75, 3.05) is 39.9 Å². The molecule has 0 bridgehead atoms. The van der Waals surface area contributed by atoms with E-state index >= 15 is 0 Å². The summed E-state index contributed by atoms with van der Waals surface area (Å²) >= 11 is 0. The van der Waals surface area contributed by atoms with Crippen LogP contribution in [0.4, 0.5) is 8.78 Å². The minimum atomic E-state index is -0.255. The number of aliphatic imine (C=N–C) groups is 1. The van der Waals surface area contributed by atoms with Gasteiger partial charge in [-0.2, -0.15) is 0 Å². The third-order valence-corrected chi connectivity index (χ3v) is 4.78. The number of morpholine rings is 1. The quantitative estimate of drug-likeness (QED) is 0.590. The number of hydrogen-bond acceptors (Lipinski definition) is 3. The molecule has 0 spiro atoms. The van der Waals surface area contributed by atoms with Crippen molar-refractivity contribution in [1.29, 1.82) is 0 Å². The van der Waals surface area contributed by atoms with Crippen LogP contribution >= 0.6 is 0 Å². The van der Waals surface area contributed by atoms with Gasteiger partial charge in [-0.15, -0.1) is 0 Å². The van der Waals surface area contributed by atoms with E-state index in [4.69, 9.17) is 4.74 Å². The highest BCUT2D eigenvalue weighted by Crippen LogP contribution is 2.22. The molecule has 0 amide bonds. The summed E-state index contributed by atoms with van der Waals surface area (Å²) < 4.78 is 32.3. The van der Waals surface area contributed by atoms with E-state index in [9.17, 15) is 8.78 Å². The predicted octanol–water partition coefficient (Wildman–Crippen LogP) is 2.70. The van der Waals surface area contributed by atoms with Gasteiger partial charge < -0.3 is 15.4 Å². The van der Waals surface area contributed by atoms with Gasteiger partial charge in [0.05, 0.1) is 19.3 Å². The van der Waals surface area contributed by atoms with Crippen molar-refractivity contribution in [2.24, 2.45) is 4.99 Å². The highest BCUT2D eigenvalue weighted by Gasteiger charge is 2.23. The number of rotatable bonds is 6. The molecule has 1 unspecified atom stereocenters. The first-order valence-corrected chi connectivity index (χ1v) is 9.42. The summed E-state index contributed by atoms with van der Waals surface area (Å²) in [5.41, 5.74) is 1.88. The molecule has 1 fully saturated rings. The van der Waals surface area contributed by atoms with Gasteiger partial charge in [0.1, 0.15) is 11.6 Å². The van der Waals surface area contributed by atoms with Gasteiger partial charge in [-0.1, -0.05) is 24.3 Å². The number of benzene rings is 2. The summed E-state index contributed by atoms with van der Waals surface area (Å²) in [6.45, 7) is 4.04. The monoisotopic (exact) mass is 388 g/mol. The Morgan fingerprint density at radius 3 is 2.50 bits per heavy atom. The first kappa shape index (κ1) is 20.2. The number of halogens is 2. The van der Waals surface area contributed by atoms with E-state index in [1.807, 2.05) is 6.07 Å². The molecule has 0 saturated carbocycles. The predicted molar refractivity (Wildman–Crippen MR) is 106 cm³/mol. The maximum atomic E-state index is 13.8. The molecule has 1 saturated heterocycles. The van der Waals surface area contributed by atoms with Gasteiger partial charge in [0.25, 0.3) is 0 Å². The van der Waals surface area contributed by atoms with Crippen LogP contribution in [0.5, 0.6) is 0 Å². The molecule has 2 N–H and O–H groups in total. The van der Waals surface area contributed by atoms with Crippen molar-refractivity contribution in [1.82, 2.24) is 15.5 Å². The molecule has 0 radical (unpaired) electrons. The lowest BCUT2D eigenvalue weighted by atomic mass is 10.0. The van der Waals surface area contributed by atoms with Crippen LogP contribution in [0, 0.1) is 11.6 Å². The van der Waals surface area contributed by atoms with Gasteiger partial charge in [0, 0.05) is 33.2 Å². The maximum Gasteiger partial charge on any atom is 0.191 e. The first-order chi connectivity index (χ1) is 13.7. The van der Waals surface area contributed by atoms with E-state index in [0.717, 1.165) is 24.2 Å². The van der Waals surface area contributed by atoms with Crippen molar-refractivity contribution >= 4 is 5.96 Å². The van der Waals surface area contributed by atoms with Crippen LogP contribution in [0.15, 0.2) is 53.5 Å². The average Bonchev–Trinajstić information content (AvgIpc) is 2.72. The maximum absolute atomic E-state index is 13.8. The zero-order valence-electron chi connectivity index (χ0n) is 16.0. The molecule has 1 heterocycles. The zero-order chi connectivity index (χ0) is 19.8. The Balaban J connectivity index is 1.63. The molecule has 0 aliphatic carbocycles. The molecule has 0 aromatic heterocycles. The molecule has 150 valence electrons. The number of ether oxygens (including phenoxy) is 1. The fourth-order valence-corrected chi connectivity index (χ4v) is 3.26. The summed E-state index contributed by atoms with van der Waals surface area (Å²) in [7, 11) is 1.70. The van der Waals surface area contributed by atoms with Crippen LogP contribution in [-0.4, -0.2) is 50.8 Å². The van der Waals surface area contributed by atoms with Gasteiger partial charge in [0.2, 0.25) is 0 Å². The molecule has 1 aliphatic rings. The lowest BCUT2D eigenvalue weighted by Gasteiger charge is -2.35. The Morgan fingerprint density at radius 1 is 1.07 bits per heavy atom. The van der Waals surface area contributed by atoms with Crippen LogP contribution in [0.1, 0.15) is 17.2 Å². The van der Waals surface area contributed by atoms with E-state index in [0.29, 0.717) is 32.3 Å². The Kier molecular flexibility index (Phi) is 7.33. The van der Waals surface area contributed by atoms with Gasteiger partial charge in [-0.3, -0.25) is 9.89 Å². The van der Waals surface area contributed by atoms with Crippen LogP contribution in [0.3, 0.4) is 0 Å². The lowest BCUT2D eigenvalue weighted by molar-refractivity contribution is 0.0169. The average molecular weight is 388 g/mol. The van der Waals surface area contributed by atoms with Crippen LogP contribution in [-0.2, 0) is 11.3 Å². The van der Waals surface area contributed by atoms with Gasteiger partial charge in [0.15, 0.2) is 5.96 Å². The second-order valence-corrected chi connectivity index (χ2v) is 6.65. The highest BCUT2D eigenvalue weighted by molar-refractivity contribution is 5.79. The van der Waals surface area contributed by atoms with Gasteiger partial charge in [-0.25, -0.2) is 8.78 Å². The summed E-state index contributed by atoms with van der Waals surface area (Å²) in [5.74, 6) is 0.142. The minimum Gasteiger partial charge on any atom is -0.379 e. The van der Waals surface area contributed by atoms with Crippen molar-refractivity contribution in [2.45, 2.75) is 12.6 Å². The Morgan fingerprint density at radius 2 is 1.82 bits per heavy atom. The van der Waals surface area contributed by atoms with Crippen LogP contribution in [0.25, 0.3) is 0 Å². The lowest BCUT2D eigenvalue weighted by Crippen LogP contribution is -2.46. The SMILES string of the molecule is CN=C(NCc1ccc(F)cc1)NCC(c1cccc(F)c1)N1CCOCC1. The van der Waals surface area contributed by atoms with E-state index in [2.05, 4.69) is 20.5 Å². The smallest absolute Gasteiger partial charge is 0.191 e. The molecule has 2 aromatic carbocycles. The molecule has 3 rings (SSSR count). The van der Waals surface area contributed by atoms with Crippen molar-refractivity contribution in [3.8, 4) is 0 Å². The van der Waals surface area contributed by atoms with E-state index in [1.165, 1.54) is 18.2 Å². The number of nitrogens with zero attached hydrogens (tertiary/aromatic N) is 2. The van der Waals surface area contributed by atoms with Gasteiger partial charge >= 0.3 is 0 Å². The molecule has 5 nitrogen and oxygen atoms in total. The molecule has 7 heteroatoms. The first-order valence-electron chi connectivity index (χ1n) is 9.42. The number of nitrogens with one attached hydrogen (secondary N) is 2. The molecular weight excluding hydrogens is 362 g/mol. The zero-order valence-corrected chi connectivity index (χ0v) is 16.0. The summed E-state index contributed by atoms with van der Waals surface area (Å²) in [5, 5.41) is 6.55. The molecule has 2 aromatic rings. The summed E-state index contributed by atoms with van der Waals surface area (Å²) in [4.78, 5) is 6.54. The van der Waals surface area contributed by atoms with E-state index in [1.54, 1.807) is 31.3 Å². The summed E-state index contributed by atoms with van der Waals surface area (Å²) in [6.07, 6.45) is 0. The Labute approximate surface area is 164 Å². The number of hydrogen-bond donors (Lipinski definition) is 2. The third kappa shape index (κ3) is 5.74. The van der Waals surface area contributed by atoms with Gasteiger partial charge in [-0.05, 0) is 35.4 Å². The summed E-state index contributed by atoms with van der Waals surface area (Å²) in [6, 6.07) is 13.1. The van der Waals surface area contributed by atoms with E-state index in [-0.39, 0.29) is 17.7 Å². The Bertz CT molecular complexity index is 776. The fourth-order valence-electron chi connectivity index (χ4n) is 3.26. The van der Waals surface area contributed by atoms with Crippen molar-refractivity contribution < 1.29 is 13.5 Å². The van der Waals surface area contributed by atoms with E-state index < -0.39 is 0 Å². The number of guanidine groups is 1. The largest absolute Gasteiger partial charge is 0.379 e. The third-order valence-electron chi connectivity index (χ3n) is 4.78. The second-order valence-electron chi connectivity index (χ2n) is 6.65. The van der Waals surface area contributed by atoms with Crippen molar-refractivity contribution in [3.05, 3.63) is 71.3 Å². The fraction of sp³-hybridized carbons (Fsp3) is 0.381. The van der Waals surface area contributed by atoms with Crippen LogP contribution in [0.2, 0.25) is 0 Å². The minimum absolute atomic E-state index is 0.00368. The molecule has 1 aliphatic heterocycles. The normalized spacial score (nSPS) is 16.6. The van der Waals surface area contributed by atoms with Crippen molar-refractivity contribution in [3.63, 3.8) is 0 Å². The Hall–Kier alpha value is -2.51. The highest BCUT2D eigenvalue weighted by atomic mass is 19.1. The second kappa shape index (κ2) is 10.1. The molecule has 1 atom stereocenters. The molecule has 28 heavy (non-hydrogen) atoms. The topological polar surface area (TPSA) is 48.9 Å². The standard InChI is InChI=1S/C21H26F2N4O/c1-24-21(25-14-16-5-7-18(22)8-6-16)26-15-20(27-9-11-28-12-10-27)17-3-2-4-19(23)13-17/h2-8,13,20H,9-12,14-15H2,1H3,(H2,24,25,26). The van der Waals surface area contributed by atoms with Crippen LogP contribution < -0.4 is 10.6 Å².